The molecule has 0 saturated carbocycles. The Morgan fingerprint density at radius 2 is 1.90 bits per heavy atom. The normalized spacial score (nSPS) is 17.5. The summed E-state index contributed by atoms with van der Waals surface area (Å²) in [6, 6.07) is 7.21. The first kappa shape index (κ1) is 27.1. The van der Waals surface area contributed by atoms with E-state index in [1.807, 2.05) is 13.8 Å². The highest BCUT2D eigenvalue weighted by molar-refractivity contribution is 7.91. The number of nitrogens with zero attached hydrogens (tertiary/aromatic N) is 4. The minimum atomic E-state index is -4.37. The summed E-state index contributed by atoms with van der Waals surface area (Å²) in [5, 5.41) is 14.2. The van der Waals surface area contributed by atoms with Crippen molar-refractivity contribution < 1.29 is 21.9 Å². The summed E-state index contributed by atoms with van der Waals surface area (Å²) in [4.78, 5) is 17.6. The molecule has 0 amide bonds. The highest BCUT2D eigenvalue weighted by Crippen LogP contribution is 2.34. The van der Waals surface area contributed by atoms with Crippen LogP contribution in [0, 0.1) is 5.92 Å². The molecule has 1 fully saturated rings. The largest absolute Gasteiger partial charge is 0.506 e. The maximum atomic E-state index is 13.6. The molecule has 3 N–H and O–H groups in total. The number of sulfonamides is 1. The fourth-order valence-corrected chi connectivity index (χ4v) is 7.16. The van der Waals surface area contributed by atoms with Crippen LogP contribution < -0.4 is 15.6 Å². The van der Waals surface area contributed by atoms with Gasteiger partial charge >= 0.3 is 10.2 Å². The Bertz CT molecular complexity index is 1740. The van der Waals surface area contributed by atoms with Gasteiger partial charge in [0.2, 0.25) is 0 Å². The molecule has 4 heterocycles. The quantitative estimate of drug-likeness (QED) is 0.388. The van der Waals surface area contributed by atoms with E-state index in [-0.39, 0.29) is 44.6 Å². The maximum Gasteiger partial charge on any atom is 0.301 e. The second kappa shape index (κ2) is 10.2. The number of benzene rings is 1. The van der Waals surface area contributed by atoms with E-state index in [0.29, 0.717) is 26.1 Å². The van der Waals surface area contributed by atoms with Gasteiger partial charge in [0.15, 0.2) is 5.84 Å². The predicted octanol–water partition coefficient (Wildman–Crippen LogP) is 2.85. The van der Waals surface area contributed by atoms with Crippen LogP contribution in [0.5, 0.6) is 5.75 Å². The first-order valence-electron chi connectivity index (χ1n) is 12.7. The molecule has 0 aliphatic carbocycles. The molecule has 5 rings (SSSR count). The third-order valence-corrected chi connectivity index (χ3v) is 9.64. The van der Waals surface area contributed by atoms with Crippen LogP contribution in [0.1, 0.15) is 45.1 Å². The number of amidine groups is 1. The number of pyridine rings is 2. The van der Waals surface area contributed by atoms with Gasteiger partial charge in [-0.15, -0.1) is 4.40 Å². The Labute approximate surface area is 226 Å². The van der Waals surface area contributed by atoms with E-state index in [2.05, 4.69) is 19.4 Å². The van der Waals surface area contributed by atoms with E-state index in [1.165, 1.54) is 33.3 Å². The Morgan fingerprint density at radius 1 is 1.15 bits per heavy atom. The molecule has 12 nitrogen and oxygen atoms in total. The van der Waals surface area contributed by atoms with Gasteiger partial charge in [0, 0.05) is 25.8 Å². The number of fused-ring (bicyclic) bond motifs is 2. The Hall–Kier alpha value is -3.49. The zero-order valence-corrected chi connectivity index (χ0v) is 23.2. The van der Waals surface area contributed by atoms with Gasteiger partial charge in [-0.25, -0.2) is 4.98 Å². The standard InChI is InChI=1S/C25H30N6O6S2/c1-16(2)10-14-31-24-18(7-6-11-26-24)22(32)21(25(31)33)23-27-19-9-8-17(15-20(19)38(34,35)29-23)28-39(36,37)30-12-4-3-5-13-30/h6-9,11,15-16,28,32H,3-5,10,12-14H2,1-2H3,(H,27,29). The van der Waals surface area contributed by atoms with Crippen molar-refractivity contribution in [2.45, 2.75) is 51.0 Å². The van der Waals surface area contributed by atoms with Crippen LogP contribution in [0.4, 0.5) is 11.4 Å². The second-order valence-electron chi connectivity index (χ2n) is 10.1. The predicted molar refractivity (Wildman–Crippen MR) is 149 cm³/mol. The van der Waals surface area contributed by atoms with Gasteiger partial charge in [0.25, 0.3) is 15.6 Å². The van der Waals surface area contributed by atoms with Gasteiger partial charge in [-0.2, -0.15) is 21.1 Å². The van der Waals surface area contributed by atoms with E-state index < -0.39 is 31.5 Å². The number of aromatic nitrogens is 2. The number of piperidine rings is 1. The van der Waals surface area contributed by atoms with Crippen LogP contribution >= 0.6 is 0 Å². The van der Waals surface area contributed by atoms with Crippen LogP contribution in [0.2, 0.25) is 0 Å². The topological polar surface area (TPSA) is 163 Å². The zero-order chi connectivity index (χ0) is 27.9. The average molecular weight is 575 g/mol. The lowest BCUT2D eigenvalue weighted by Crippen LogP contribution is -2.39. The first-order valence-corrected chi connectivity index (χ1v) is 15.6. The lowest BCUT2D eigenvalue weighted by atomic mass is 10.1. The van der Waals surface area contributed by atoms with Gasteiger partial charge in [-0.3, -0.25) is 14.1 Å². The van der Waals surface area contributed by atoms with Gasteiger partial charge in [-0.1, -0.05) is 20.3 Å². The van der Waals surface area contributed by atoms with E-state index in [9.17, 15) is 26.7 Å². The molecule has 0 radical (unpaired) electrons. The molecular formula is C25H30N6O6S2. The van der Waals surface area contributed by atoms with Crippen molar-refractivity contribution in [2.75, 3.05) is 23.1 Å². The summed E-state index contributed by atoms with van der Waals surface area (Å²) in [6.45, 7) is 5.13. The number of aryl methyl sites for hydroxylation is 1. The molecule has 0 bridgehead atoms. The summed E-state index contributed by atoms with van der Waals surface area (Å²) in [5.41, 5.74) is -0.466. The number of hydrogen-bond donors (Lipinski definition) is 3. The van der Waals surface area contributed by atoms with Crippen LogP contribution in [0.3, 0.4) is 0 Å². The molecule has 0 spiro atoms. The smallest absolute Gasteiger partial charge is 0.301 e. The molecule has 3 aromatic rings. The highest BCUT2D eigenvalue weighted by atomic mass is 32.2. The number of hydrogen-bond acceptors (Lipinski definition) is 8. The van der Waals surface area contributed by atoms with Gasteiger partial charge in [-0.05, 0) is 55.5 Å². The van der Waals surface area contributed by atoms with Crippen LogP contribution in [-0.2, 0) is 26.8 Å². The van der Waals surface area contributed by atoms with Gasteiger partial charge in [0.1, 0.15) is 21.9 Å². The highest BCUT2D eigenvalue weighted by Gasteiger charge is 2.31. The third-order valence-electron chi connectivity index (χ3n) is 6.79. The van der Waals surface area contributed by atoms with Gasteiger partial charge < -0.3 is 10.4 Å². The van der Waals surface area contributed by atoms with Crippen molar-refractivity contribution in [3.8, 4) is 5.75 Å². The summed E-state index contributed by atoms with van der Waals surface area (Å²) >= 11 is 0. The Morgan fingerprint density at radius 3 is 2.62 bits per heavy atom. The van der Waals surface area contributed by atoms with Crippen LogP contribution in [0.15, 0.2) is 50.6 Å². The lowest BCUT2D eigenvalue weighted by molar-refractivity contribution is 0.349. The lowest BCUT2D eigenvalue weighted by Gasteiger charge is -2.26. The van der Waals surface area contributed by atoms with E-state index in [0.717, 1.165) is 19.3 Å². The van der Waals surface area contributed by atoms with Crippen LogP contribution in [0.25, 0.3) is 11.0 Å². The molecule has 2 aliphatic heterocycles. The van der Waals surface area contributed by atoms with Crippen molar-refractivity contribution in [3.05, 3.63) is 52.4 Å². The number of nitrogens with one attached hydrogen (secondary N) is 2. The number of aromatic hydroxyl groups is 1. The molecule has 1 aromatic carbocycles. The Balaban J connectivity index is 1.55. The summed E-state index contributed by atoms with van der Waals surface area (Å²) in [6.07, 6.45) is 4.66. The molecular weight excluding hydrogens is 544 g/mol. The monoisotopic (exact) mass is 574 g/mol. The van der Waals surface area contributed by atoms with Crippen molar-refractivity contribution in [3.63, 3.8) is 0 Å². The molecule has 2 aromatic heterocycles. The second-order valence-corrected chi connectivity index (χ2v) is 13.3. The SMILES string of the molecule is CC(C)CCn1c(=O)c(C2=NS(=O)(=O)c3cc(NS(=O)(=O)N4CCCCC4)ccc3N2)c(O)c2cccnc21. The molecule has 1 saturated heterocycles. The van der Waals surface area contributed by atoms with Crippen LogP contribution in [-0.4, -0.2) is 54.7 Å². The maximum absolute atomic E-state index is 13.6. The summed E-state index contributed by atoms with van der Waals surface area (Å²) < 4.78 is 61.1. The average Bonchev–Trinajstić information content (AvgIpc) is 2.89. The Kier molecular flexibility index (Phi) is 7.11. The fraction of sp³-hybridized carbons (Fsp3) is 0.400. The van der Waals surface area contributed by atoms with Crippen molar-refractivity contribution in [1.29, 1.82) is 0 Å². The molecule has 208 valence electrons. The van der Waals surface area contributed by atoms with E-state index in [1.54, 1.807) is 12.1 Å². The minimum Gasteiger partial charge on any atom is -0.506 e. The molecule has 0 unspecified atom stereocenters. The molecule has 39 heavy (non-hydrogen) atoms. The van der Waals surface area contributed by atoms with Crippen molar-refractivity contribution >= 4 is 48.5 Å². The van der Waals surface area contributed by atoms with E-state index in [4.69, 9.17) is 0 Å². The summed E-state index contributed by atoms with van der Waals surface area (Å²) in [7, 11) is -8.22. The molecule has 2 aliphatic rings. The summed E-state index contributed by atoms with van der Waals surface area (Å²) in [5.74, 6) is -0.470. The number of rotatable bonds is 7. The molecule has 14 heteroatoms. The van der Waals surface area contributed by atoms with Crippen molar-refractivity contribution in [1.82, 2.24) is 13.9 Å². The van der Waals surface area contributed by atoms with Gasteiger partial charge in [0.05, 0.1) is 16.8 Å². The molecule has 0 atom stereocenters. The number of anilines is 2. The van der Waals surface area contributed by atoms with Crippen molar-refractivity contribution in [2.24, 2.45) is 10.3 Å². The van der Waals surface area contributed by atoms with E-state index >= 15 is 0 Å². The first-order chi connectivity index (χ1) is 18.5. The third kappa shape index (κ3) is 5.23. The minimum absolute atomic E-state index is 0.0685. The fourth-order valence-electron chi connectivity index (χ4n) is 4.72. The zero-order valence-electron chi connectivity index (χ0n) is 21.6.